The van der Waals surface area contributed by atoms with Gasteiger partial charge in [-0.3, -0.25) is 9.59 Å². The highest BCUT2D eigenvalue weighted by molar-refractivity contribution is 5.89. The smallest absolute Gasteiger partial charge is 0.249 e. The fraction of sp³-hybridized carbons (Fsp3) is 0.619. The summed E-state index contributed by atoms with van der Waals surface area (Å²) >= 11 is 0. The number of phenolic OH excluding ortho intramolecular Hbond substituents is 2. The predicted octanol–water partition coefficient (Wildman–Crippen LogP) is 1.69. The summed E-state index contributed by atoms with van der Waals surface area (Å²) in [6.45, 7) is 3.72. The number of hydrogen-bond acceptors (Lipinski definition) is 5. The molecular weight excluding hydrogens is 360 g/mol. The molecule has 1 heterocycles. The number of carbonyl (C=O) groups excluding carboxylic acids is 2. The first-order valence-corrected chi connectivity index (χ1v) is 10.1. The van der Waals surface area contributed by atoms with E-state index in [0.717, 1.165) is 25.7 Å². The number of phenols is 2. The maximum Gasteiger partial charge on any atom is 0.249 e. The van der Waals surface area contributed by atoms with Crippen LogP contribution < -0.4 is 5.32 Å². The van der Waals surface area contributed by atoms with E-state index in [9.17, 15) is 24.9 Å². The van der Waals surface area contributed by atoms with Gasteiger partial charge in [-0.2, -0.15) is 0 Å². The Morgan fingerprint density at radius 3 is 2.64 bits per heavy atom. The number of rotatable bonds is 5. The molecule has 2 fully saturated rings. The number of nitrogens with one attached hydrogen (secondary N) is 1. The Kier molecular flexibility index (Phi) is 6.13. The van der Waals surface area contributed by atoms with Crippen LogP contribution in [0, 0.1) is 5.92 Å². The maximum atomic E-state index is 13.0. The Balaban J connectivity index is 1.58. The molecule has 3 rings (SSSR count). The van der Waals surface area contributed by atoms with Crippen LogP contribution >= 0.6 is 0 Å². The van der Waals surface area contributed by atoms with E-state index in [0.29, 0.717) is 11.5 Å². The molecule has 1 aliphatic carbocycles. The van der Waals surface area contributed by atoms with E-state index >= 15 is 0 Å². The van der Waals surface area contributed by atoms with E-state index in [1.807, 2.05) is 4.90 Å². The Morgan fingerprint density at radius 1 is 1.21 bits per heavy atom. The number of aliphatic hydroxyl groups is 1. The first-order valence-electron chi connectivity index (χ1n) is 10.1. The summed E-state index contributed by atoms with van der Waals surface area (Å²) < 4.78 is 0. The van der Waals surface area contributed by atoms with Gasteiger partial charge in [0.15, 0.2) is 11.5 Å². The van der Waals surface area contributed by atoms with Crippen molar-refractivity contribution in [2.75, 3.05) is 0 Å². The van der Waals surface area contributed by atoms with Crippen molar-refractivity contribution in [3.05, 3.63) is 23.8 Å². The Labute approximate surface area is 165 Å². The number of amides is 2. The third kappa shape index (κ3) is 4.24. The van der Waals surface area contributed by atoms with E-state index < -0.39 is 18.1 Å². The van der Waals surface area contributed by atoms with Gasteiger partial charge in [0.1, 0.15) is 12.1 Å². The first kappa shape index (κ1) is 20.5. The molecule has 1 saturated carbocycles. The van der Waals surface area contributed by atoms with Crippen molar-refractivity contribution in [2.24, 2.45) is 5.92 Å². The number of carbonyl (C=O) groups is 2. The normalized spacial score (nSPS) is 26.4. The van der Waals surface area contributed by atoms with Crippen molar-refractivity contribution in [3.63, 3.8) is 0 Å². The van der Waals surface area contributed by atoms with Gasteiger partial charge in [0.2, 0.25) is 11.8 Å². The lowest BCUT2D eigenvalue weighted by Crippen LogP contribution is -2.53. The minimum atomic E-state index is -1.35. The average molecular weight is 390 g/mol. The summed E-state index contributed by atoms with van der Waals surface area (Å²) in [6.07, 6.45) is 4.19. The molecule has 28 heavy (non-hydrogen) atoms. The fourth-order valence-electron chi connectivity index (χ4n) is 4.70. The minimum absolute atomic E-state index is 0.0224. The van der Waals surface area contributed by atoms with Gasteiger partial charge in [-0.15, -0.1) is 0 Å². The lowest BCUT2D eigenvalue weighted by atomic mass is 9.85. The third-order valence-electron chi connectivity index (χ3n) is 6.10. The molecule has 1 saturated heterocycles. The van der Waals surface area contributed by atoms with E-state index in [-0.39, 0.29) is 35.9 Å². The van der Waals surface area contributed by atoms with Gasteiger partial charge in [0, 0.05) is 18.5 Å². The molecule has 7 heteroatoms. The van der Waals surface area contributed by atoms with Gasteiger partial charge in [0.05, 0.1) is 0 Å². The second kappa shape index (κ2) is 8.39. The average Bonchev–Trinajstić information content (AvgIpc) is 2.99. The zero-order chi connectivity index (χ0) is 20.4. The molecule has 1 aliphatic heterocycles. The third-order valence-corrected chi connectivity index (χ3v) is 6.10. The number of aliphatic hydroxyl groups excluding tert-OH is 1. The zero-order valence-electron chi connectivity index (χ0n) is 16.5. The summed E-state index contributed by atoms with van der Waals surface area (Å²) in [4.78, 5) is 27.3. The van der Waals surface area contributed by atoms with Crippen LogP contribution in [0.25, 0.3) is 0 Å². The van der Waals surface area contributed by atoms with Crippen molar-refractivity contribution in [2.45, 2.75) is 76.6 Å². The molecule has 1 aromatic carbocycles. The molecule has 2 aliphatic rings. The van der Waals surface area contributed by atoms with Crippen LogP contribution in [0.15, 0.2) is 18.2 Å². The Hall–Kier alpha value is -2.28. The summed E-state index contributed by atoms with van der Waals surface area (Å²) in [5, 5.41) is 31.7. The topological polar surface area (TPSA) is 110 Å². The molecule has 5 atom stereocenters. The van der Waals surface area contributed by atoms with E-state index in [4.69, 9.17) is 0 Å². The van der Waals surface area contributed by atoms with Crippen LogP contribution in [0.3, 0.4) is 0 Å². The van der Waals surface area contributed by atoms with E-state index in [1.54, 1.807) is 6.92 Å². The number of likely N-dealkylation sites (tertiary alicyclic amines) is 1. The highest BCUT2D eigenvalue weighted by atomic mass is 16.3. The number of aromatic hydroxyl groups is 2. The predicted molar refractivity (Wildman–Crippen MR) is 104 cm³/mol. The largest absolute Gasteiger partial charge is 0.504 e. The van der Waals surface area contributed by atoms with Crippen LogP contribution in [0.5, 0.6) is 11.5 Å². The Morgan fingerprint density at radius 2 is 1.93 bits per heavy atom. The molecule has 1 aromatic rings. The van der Waals surface area contributed by atoms with Crippen LogP contribution in [-0.2, 0) is 16.0 Å². The Bertz CT molecular complexity index is 738. The number of fused-ring (bicyclic) bond motifs is 1. The van der Waals surface area contributed by atoms with Crippen molar-refractivity contribution >= 4 is 11.8 Å². The highest BCUT2D eigenvalue weighted by Gasteiger charge is 2.43. The van der Waals surface area contributed by atoms with Gasteiger partial charge < -0.3 is 25.5 Å². The first-order chi connectivity index (χ1) is 13.3. The van der Waals surface area contributed by atoms with Gasteiger partial charge in [0.25, 0.3) is 0 Å². The van der Waals surface area contributed by atoms with Crippen molar-refractivity contribution in [1.29, 1.82) is 0 Å². The molecular formula is C21H30N2O5. The van der Waals surface area contributed by atoms with E-state index in [2.05, 4.69) is 12.2 Å². The van der Waals surface area contributed by atoms with Crippen molar-refractivity contribution in [1.82, 2.24) is 10.2 Å². The molecule has 4 N–H and O–H groups in total. The SMILES string of the molecule is CC(NC(=O)C(O)Cc1ccc(O)c(O)c1)C(=O)N1C(C)CC2CCCCC21. The molecule has 5 unspecified atom stereocenters. The molecule has 0 radical (unpaired) electrons. The molecule has 7 nitrogen and oxygen atoms in total. The lowest BCUT2D eigenvalue weighted by molar-refractivity contribution is -0.140. The molecule has 0 spiro atoms. The summed E-state index contributed by atoms with van der Waals surface area (Å²) in [5.74, 6) is -0.727. The van der Waals surface area contributed by atoms with Crippen molar-refractivity contribution in [3.8, 4) is 11.5 Å². The van der Waals surface area contributed by atoms with Gasteiger partial charge >= 0.3 is 0 Å². The second-order valence-electron chi connectivity index (χ2n) is 8.22. The summed E-state index contributed by atoms with van der Waals surface area (Å²) in [7, 11) is 0. The second-order valence-corrected chi connectivity index (χ2v) is 8.22. The highest BCUT2D eigenvalue weighted by Crippen LogP contribution is 2.39. The van der Waals surface area contributed by atoms with Gasteiger partial charge in [-0.25, -0.2) is 0 Å². The number of hydrogen-bond donors (Lipinski definition) is 4. The lowest BCUT2D eigenvalue weighted by Gasteiger charge is -2.35. The zero-order valence-corrected chi connectivity index (χ0v) is 16.5. The van der Waals surface area contributed by atoms with E-state index in [1.165, 1.54) is 24.6 Å². The summed E-state index contributed by atoms with van der Waals surface area (Å²) in [6, 6.07) is 3.85. The van der Waals surface area contributed by atoms with Crippen LogP contribution in [0.1, 0.15) is 51.5 Å². The summed E-state index contributed by atoms with van der Waals surface area (Å²) in [5.41, 5.74) is 0.509. The fourth-order valence-corrected chi connectivity index (χ4v) is 4.70. The van der Waals surface area contributed by atoms with Gasteiger partial charge in [-0.1, -0.05) is 18.9 Å². The monoisotopic (exact) mass is 390 g/mol. The molecule has 154 valence electrons. The quantitative estimate of drug-likeness (QED) is 0.572. The van der Waals surface area contributed by atoms with Crippen LogP contribution in [-0.4, -0.2) is 56.3 Å². The molecule has 0 aromatic heterocycles. The van der Waals surface area contributed by atoms with Gasteiger partial charge in [-0.05, 0) is 56.7 Å². The number of nitrogens with zero attached hydrogens (tertiary/aromatic N) is 1. The standard InChI is InChI=1S/C21H30N2O5/c1-12-9-15-5-3-4-6-16(15)23(12)21(28)13(2)22-20(27)19(26)11-14-7-8-17(24)18(25)10-14/h7-8,10,12-13,15-16,19,24-26H,3-6,9,11H2,1-2H3,(H,22,27). The number of benzene rings is 1. The maximum absolute atomic E-state index is 13.0. The van der Waals surface area contributed by atoms with Crippen LogP contribution in [0.4, 0.5) is 0 Å². The molecule has 0 bridgehead atoms. The minimum Gasteiger partial charge on any atom is -0.504 e. The van der Waals surface area contributed by atoms with Crippen LogP contribution in [0.2, 0.25) is 0 Å². The molecule has 2 amide bonds. The van der Waals surface area contributed by atoms with Crippen molar-refractivity contribution < 1.29 is 24.9 Å².